The lowest BCUT2D eigenvalue weighted by Crippen LogP contribution is -2.32. The Bertz CT molecular complexity index is 477. The van der Waals surface area contributed by atoms with Crippen LogP contribution in [-0.2, 0) is 23.7 Å². The highest BCUT2D eigenvalue weighted by atomic mass is 16.7. The Labute approximate surface area is 136 Å². The monoisotopic (exact) mass is 320 g/mol. The first kappa shape index (κ1) is 16.4. The molecule has 3 rings (SSSR count). The van der Waals surface area contributed by atoms with Crippen molar-refractivity contribution in [3.8, 4) is 0 Å². The number of carbonyl (C=O) groups is 1. The van der Waals surface area contributed by atoms with E-state index in [0.717, 1.165) is 44.1 Å². The summed E-state index contributed by atoms with van der Waals surface area (Å²) in [7, 11) is 0. The Morgan fingerprint density at radius 3 is 2.22 bits per heavy atom. The SMILES string of the molecule is O=C(OC1CCCCO1)[C@@H](OC1CCCCO1)c1ccccc1. The minimum Gasteiger partial charge on any atom is -0.434 e. The molecule has 0 amide bonds. The summed E-state index contributed by atoms with van der Waals surface area (Å²) in [5.41, 5.74) is 0.780. The summed E-state index contributed by atoms with van der Waals surface area (Å²) in [6.45, 7) is 1.31. The Morgan fingerprint density at radius 2 is 1.61 bits per heavy atom. The van der Waals surface area contributed by atoms with E-state index in [1.807, 2.05) is 30.3 Å². The largest absolute Gasteiger partial charge is 0.434 e. The maximum absolute atomic E-state index is 12.6. The average Bonchev–Trinajstić information content (AvgIpc) is 2.62. The van der Waals surface area contributed by atoms with Crippen LogP contribution in [0.4, 0.5) is 0 Å². The Morgan fingerprint density at radius 1 is 0.957 bits per heavy atom. The molecule has 3 atom stereocenters. The fourth-order valence-electron chi connectivity index (χ4n) is 2.86. The predicted octanol–water partition coefficient (Wildman–Crippen LogP) is 3.34. The second-order valence-corrected chi connectivity index (χ2v) is 5.96. The van der Waals surface area contributed by atoms with E-state index in [2.05, 4.69) is 0 Å². The van der Waals surface area contributed by atoms with Crippen LogP contribution in [-0.4, -0.2) is 31.8 Å². The Balaban J connectivity index is 1.67. The zero-order valence-corrected chi connectivity index (χ0v) is 13.3. The van der Waals surface area contributed by atoms with E-state index in [1.54, 1.807) is 0 Å². The summed E-state index contributed by atoms with van der Waals surface area (Å²) in [5.74, 6) is -0.405. The molecule has 5 nitrogen and oxygen atoms in total. The zero-order chi connectivity index (χ0) is 15.9. The second kappa shape index (κ2) is 8.43. The summed E-state index contributed by atoms with van der Waals surface area (Å²) >= 11 is 0. The second-order valence-electron chi connectivity index (χ2n) is 5.96. The van der Waals surface area contributed by atoms with Crippen LogP contribution in [0.2, 0.25) is 0 Å². The molecule has 0 saturated carbocycles. The van der Waals surface area contributed by atoms with Gasteiger partial charge < -0.3 is 18.9 Å². The van der Waals surface area contributed by atoms with Crippen molar-refractivity contribution in [2.45, 2.75) is 57.2 Å². The molecule has 0 aliphatic carbocycles. The highest BCUT2D eigenvalue weighted by Crippen LogP contribution is 2.26. The van der Waals surface area contributed by atoms with Crippen LogP contribution in [0.1, 0.15) is 50.2 Å². The predicted molar refractivity (Wildman–Crippen MR) is 83.5 cm³/mol. The van der Waals surface area contributed by atoms with E-state index in [0.29, 0.717) is 13.2 Å². The molecule has 2 fully saturated rings. The summed E-state index contributed by atoms with van der Waals surface area (Å²) in [5, 5.41) is 0. The molecule has 0 bridgehead atoms. The summed E-state index contributed by atoms with van der Waals surface area (Å²) in [6, 6.07) is 9.43. The van der Waals surface area contributed by atoms with E-state index in [-0.39, 0.29) is 6.29 Å². The van der Waals surface area contributed by atoms with Gasteiger partial charge in [0.25, 0.3) is 0 Å². The van der Waals surface area contributed by atoms with Crippen molar-refractivity contribution in [3.05, 3.63) is 35.9 Å². The molecule has 5 heteroatoms. The first-order valence-corrected chi connectivity index (χ1v) is 8.47. The van der Waals surface area contributed by atoms with E-state index in [1.165, 1.54) is 0 Å². The topological polar surface area (TPSA) is 54.0 Å². The first-order chi connectivity index (χ1) is 11.3. The van der Waals surface area contributed by atoms with Gasteiger partial charge >= 0.3 is 5.97 Å². The lowest BCUT2D eigenvalue weighted by atomic mass is 10.1. The van der Waals surface area contributed by atoms with Gasteiger partial charge in [0, 0.05) is 13.0 Å². The molecule has 0 radical (unpaired) electrons. The number of benzene rings is 1. The number of rotatable bonds is 5. The van der Waals surface area contributed by atoms with Crippen LogP contribution in [0, 0.1) is 0 Å². The fraction of sp³-hybridized carbons (Fsp3) is 0.611. The molecule has 2 saturated heterocycles. The third kappa shape index (κ3) is 4.77. The van der Waals surface area contributed by atoms with Gasteiger partial charge in [-0.25, -0.2) is 4.79 Å². The van der Waals surface area contributed by atoms with Crippen molar-refractivity contribution in [1.29, 1.82) is 0 Å². The van der Waals surface area contributed by atoms with E-state index in [4.69, 9.17) is 18.9 Å². The van der Waals surface area contributed by atoms with Crippen LogP contribution in [0.25, 0.3) is 0 Å². The molecule has 0 aromatic heterocycles. The van der Waals surface area contributed by atoms with Gasteiger partial charge in [0.2, 0.25) is 6.29 Å². The van der Waals surface area contributed by atoms with Crippen molar-refractivity contribution < 1.29 is 23.7 Å². The minimum atomic E-state index is -0.773. The maximum Gasteiger partial charge on any atom is 0.342 e. The van der Waals surface area contributed by atoms with Crippen molar-refractivity contribution in [2.75, 3.05) is 13.2 Å². The summed E-state index contributed by atoms with van der Waals surface area (Å²) in [6.07, 6.45) is 4.08. The minimum absolute atomic E-state index is 0.353. The summed E-state index contributed by atoms with van der Waals surface area (Å²) in [4.78, 5) is 12.6. The number of hydrogen-bond donors (Lipinski definition) is 0. The van der Waals surface area contributed by atoms with Gasteiger partial charge in [-0.1, -0.05) is 30.3 Å². The van der Waals surface area contributed by atoms with Crippen molar-refractivity contribution in [3.63, 3.8) is 0 Å². The molecule has 126 valence electrons. The average molecular weight is 320 g/mol. The van der Waals surface area contributed by atoms with Crippen LogP contribution in [0.3, 0.4) is 0 Å². The van der Waals surface area contributed by atoms with E-state index >= 15 is 0 Å². The number of esters is 1. The molecule has 2 heterocycles. The van der Waals surface area contributed by atoms with E-state index < -0.39 is 18.4 Å². The van der Waals surface area contributed by atoms with Gasteiger partial charge in [0.05, 0.1) is 6.61 Å². The van der Waals surface area contributed by atoms with Crippen molar-refractivity contribution in [1.82, 2.24) is 0 Å². The number of carbonyl (C=O) groups excluding carboxylic acids is 1. The lowest BCUT2D eigenvalue weighted by molar-refractivity contribution is -0.224. The standard InChI is InChI=1S/C18H24O5/c19-18(23-16-11-5-7-13-21-16)17(14-8-2-1-3-9-14)22-15-10-4-6-12-20-15/h1-3,8-9,15-17H,4-7,10-13H2/t15?,16?,17-/m0/s1. The summed E-state index contributed by atoms with van der Waals surface area (Å²) < 4.78 is 22.5. The first-order valence-electron chi connectivity index (χ1n) is 8.47. The smallest absolute Gasteiger partial charge is 0.342 e. The lowest BCUT2D eigenvalue weighted by Gasteiger charge is -2.29. The number of ether oxygens (including phenoxy) is 4. The van der Waals surface area contributed by atoms with Gasteiger partial charge in [0.15, 0.2) is 12.4 Å². The fourth-order valence-corrected chi connectivity index (χ4v) is 2.86. The van der Waals surface area contributed by atoms with Crippen LogP contribution in [0.15, 0.2) is 30.3 Å². The molecule has 1 aromatic rings. The molecular formula is C18H24O5. The Hall–Kier alpha value is -1.43. The highest BCUT2D eigenvalue weighted by Gasteiger charge is 2.30. The van der Waals surface area contributed by atoms with Gasteiger partial charge in [-0.15, -0.1) is 0 Å². The van der Waals surface area contributed by atoms with Crippen LogP contribution < -0.4 is 0 Å². The van der Waals surface area contributed by atoms with Crippen molar-refractivity contribution in [2.24, 2.45) is 0 Å². The van der Waals surface area contributed by atoms with Gasteiger partial charge in [-0.2, -0.15) is 0 Å². The molecule has 0 spiro atoms. The van der Waals surface area contributed by atoms with Crippen molar-refractivity contribution >= 4 is 5.97 Å². The molecule has 23 heavy (non-hydrogen) atoms. The normalized spacial score (nSPS) is 26.4. The third-order valence-corrected chi connectivity index (χ3v) is 4.13. The molecule has 2 aliphatic heterocycles. The zero-order valence-electron chi connectivity index (χ0n) is 13.3. The van der Waals surface area contributed by atoms with E-state index in [9.17, 15) is 4.79 Å². The van der Waals surface area contributed by atoms with Gasteiger partial charge in [-0.05, 0) is 37.7 Å². The molecule has 1 aromatic carbocycles. The highest BCUT2D eigenvalue weighted by molar-refractivity contribution is 5.76. The molecule has 2 aliphatic rings. The molecule has 2 unspecified atom stereocenters. The molecular weight excluding hydrogens is 296 g/mol. The maximum atomic E-state index is 12.6. The Kier molecular flexibility index (Phi) is 6.02. The number of hydrogen-bond acceptors (Lipinski definition) is 5. The van der Waals surface area contributed by atoms with Gasteiger partial charge in [-0.3, -0.25) is 0 Å². The van der Waals surface area contributed by atoms with Crippen LogP contribution in [0.5, 0.6) is 0 Å². The quantitative estimate of drug-likeness (QED) is 0.779. The van der Waals surface area contributed by atoms with Crippen LogP contribution >= 0.6 is 0 Å². The molecule has 0 N–H and O–H groups in total. The van der Waals surface area contributed by atoms with Gasteiger partial charge in [0.1, 0.15) is 0 Å². The third-order valence-electron chi connectivity index (χ3n) is 4.13.